The lowest BCUT2D eigenvalue weighted by Crippen LogP contribution is -2.28. The van der Waals surface area contributed by atoms with E-state index in [1.54, 1.807) is 6.92 Å². The first-order valence-corrected chi connectivity index (χ1v) is 4.50. The molecule has 0 unspecified atom stereocenters. The monoisotopic (exact) mass is 187 g/mol. The van der Waals surface area contributed by atoms with Gasteiger partial charge >= 0.3 is 0 Å². The fraction of sp³-hybridized carbons (Fsp3) is 0.778. The van der Waals surface area contributed by atoms with Crippen LogP contribution in [0.3, 0.4) is 0 Å². The summed E-state index contributed by atoms with van der Waals surface area (Å²) in [5.41, 5.74) is 0. The van der Waals surface area contributed by atoms with Gasteiger partial charge in [0.15, 0.2) is 0 Å². The van der Waals surface area contributed by atoms with Gasteiger partial charge in [-0.05, 0) is 20.3 Å². The normalized spacial score (nSPS) is 9.69. The van der Waals surface area contributed by atoms with Crippen molar-refractivity contribution in [3.8, 4) is 0 Å². The van der Waals surface area contributed by atoms with Gasteiger partial charge in [0.1, 0.15) is 12.4 Å². The number of hydrogen-bond donors (Lipinski definition) is 1. The second kappa shape index (κ2) is 7.73. The molecule has 0 aromatic carbocycles. The van der Waals surface area contributed by atoms with Crippen LogP contribution in [0.4, 0.5) is 0 Å². The van der Waals surface area contributed by atoms with Crippen LogP contribution >= 0.6 is 0 Å². The number of amides is 1. The molecule has 0 spiro atoms. The molecule has 0 fully saturated rings. The summed E-state index contributed by atoms with van der Waals surface area (Å²) in [6.45, 7) is 4.58. The van der Waals surface area contributed by atoms with Gasteiger partial charge in [0.2, 0.25) is 5.91 Å². The summed E-state index contributed by atoms with van der Waals surface area (Å²) in [5, 5.41) is 2.66. The maximum Gasteiger partial charge on any atom is 0.245 e. The van der Waals surface area contributed by atoms with Crippen molar-refractivity contribution < 1.29 is 14.3 Å². The first-order valence-electron chi connectivity index (χ1n) is 4.50. The zero-order chi connectivity index (χ0) is 10.1. The molecule has 4 heteroatoms. The lowest BCUT2D eigenvalue weighted by atomic mass is 10.2. The van der Waals surface area contributed by atoms with Crippen molar-refractivity contribution in [2.75, 3.05) is 19.8 Å². The Kier molecular flexibility index (Phi) is 7.20. The molecule has 4 nitrogen and oxygen atoms in total. The Morgan fingerprint density at radius 2 is 2.08 bits per heavy atom. The van der Waals surface area contributed by atoms with Crippen LogP contribution < -0.4 is 5.32 Å². The van der Waals surface area contributed by atoms with E-state index in [9.17, 15) is 9.59 Å². The first-order chi connectivity index (χ1) is 6.16. The molecule has 1 amide bonds. The fourth-order valence-corrected chi connectivity index (χ4v) is 0.811. The molecule has 0 saturated heterocycles. The predicted molar refractivity (Wildman–Crippen MR) is 49.4 cm³/mol. The molecule has 0 aromatic rings. The summed E-state index contributed by atoms with van der Waals surface area (Å²) in [6, 6.07) is 0. The van der Waals surface area contributed by atoms with Crippen LogP contribution in [-0.4, -0.2) is 31.4 Å². The number of Topliss-reactive ketones (excluding diaryl/α,β-unsaturated/α-hetero) is 1. The van der Waals surface area contributed by atoms with Gasteiger partial charge in [0.25, 0.3) is 0 Å². The summed E-state index contributed by atoms with van der Waals surface area (Å²) >= 11 is 0. The van der Waals surface area contributed by atoms with E-state index in [-0.39, 0.29) is 18.3 Å². The van der Waals surface area contributed by atoms with Crippen LogP contribution in [-0.2, 0) is 14.3 Å². The molecule has 0 radical (unpaired) electrons. The topological polar surface area (TPSA) is 55.4 Å². The van der Waals surface area contributed by atoms with Crippen LogP contribution in [0.15, 0.2) is 0 Å². The lowest BCUT2D eigenvalue weighted by molar-refractivity contribution is -0.125. The summed E-state index contributed by atoms with van der Waals surface area (Å²) in [6.07, 6.45) is 1.22. The number of carbonyl (C=O) groups excluding carboxylic acids is 2. The molecule has 0 saturated carbocycles. The van der Waals surface area contributed by atoms with E-state index in [1.165, 1.54) is 0 Å². The number of hydrogen-bond acceptors (Lipinski definition) is 3. The van der Waals surface area contributed by atoms with Crippen molar-refractivity contribution in [3.05, 3.63) is 0 Å². The van der Waals surface area contributed by atoms with E-state index < -0.39 is 0 Å². The van der Waals surface area contributed by atoms with Crippen LogP contribution in [0, 0.1) is 0 Å². The highest BCUT2D eigenvalue weighted by molar-refractivity contribution is 5.77. The van der Waals surface area contributed by atoms with Gasteiger partial charge in [-0.2, -0.15) is 0 Å². The van der Waals surface area contributed by atoms with Crippen molar-refractivity contribution >= 4 is 11.7 Å². The van der Waals surface area contributed by atoms with Crippen LogP contribution in [0.1, 0.15) is 26.7 Å². The molecule has 76 valence electrons. The standard InChI is InChI=1S/C9H17NO3/c1-3-13-7-9(12)10-6-4-5-8(2)11/h3-7H2,1-2H3,(H,10,12). The van der Waals surface area contributed by atoms with Crippen molar-refractivity contribution in [3.63, 3.8) is 0 Å². The smallest absolute Gasteiger partial charge is 0.245 e. The molecule has 0 aliphatic rings. The van der Waals surface area contributed by atoms with Gasteiger partial charge in [0.05, 0.1) is 0 Å². The maximum atomic E-state index is 10.9. The fourth-order valence-electron chi connectivity index (χ4n) is 0.811. The van der Waals surface area contributed by atoms with Gasteiger partial charge in [-0.25, -0.2) is 0 Å². The van der Waals surface area contributed by atoms with E-state index in [4.69, 9.17) is 4.74 Å². The minimum atomic E-state index is -0.120. The highest BCUT2D eigenvalue weighted by Crippen LogP contribution is 1.87. The Labute approximate surface area is 78.6 Å². The molecule has 0 heterocycles. The van der Waals surface area contributed by atoms with Crippen LogP contribution in [0.2, 0.25) is 0 Å². The molecule has 0 aliphatic carbocycles. The largest absolute Gasteiger partial charge is 0.372 e. The second-order valence-corrected chi connectivity index (χ2v) is 2.79. The molecular weight excluding hydrogens is 170 g/mol. The van der Waals surface area contributed by atoms with Gasteiger partial charge in [0, 0.05) is 19.6 Å². The zero-order valence-corrected chi connectivity index (χ0v) is 8.26. The number of ether oxygens (including phenoxy) is 1. The van der Waals surface area contributed by atoms with E-state index in [1.807, 2.05) is 6.92 Å². The summed E-state index contributed by atoms with van der Waals surface area (Å²) < 4.78 is 4.89. The quantitative estimate of drug-likeness (QED) is 0.591. The lowest BCUT2D eigenvalue weighted by Gasteiger charge is -2.03. The van der Waals surface area contributed by atoms with Crippen molar-refractivity contribution in [2.45, 2.75) is 26.7 Å². The second-order valence-electron chi connectivity index (χ2n) is 2.79. The summed E-state index contributed by atoms with van der Waals surface area (Å²) in [4.78, 5) is 21.4. The van der Waals surface area contributed by atoms with Gasteiger partial charge in [-0.15, -0.1) is 0 Å². The number of nitrogens with one attached hydrogen (secondary N) is 1. The molecule has 13 heavy (non-hydrogen) atoms. The third-order valence-corrected chi connectivity index (χ3v) is 1.47. The van der Waals surface area contributed by atoms with Crippen molar-refractivity contribution in [2.24, 2.45) is 0 Å². The van der Waals surface area contributed by atoms with Crippen LogP contribution in [0.25, 0.3) is 0 Å². The van der Waals surface area contributed by atoms with Crippen molar-refractivity contribution in [1.82, 2.24) is 5.32 Å². The minimum Gasteiger partial charge on any atom is -0.372 e. The van der Waals surface area contributed by atoms with Crippen LogP contribution in [0.5, 0.6) is 0 Å². The Balaban J connectivity index is 3.22. The Morgan fingerprint density at radius 1 is 1.38 bits per heavy atom. The Bertz CT molecular complexity index is 168. The SMILES string of the molecule is CCOCC(=O)NCCCC(C)=O. The number of ketones is 1. The third kappa shape index (κ3) is 9.01. The first kappa shape index (κ1) is 12.1. The highest BCUT2D eigenvalue weighted by Gasteiger charge is 1.99. The van der Waals surface area contributed by atoms with E-state index in [2.05, 4.69) is 5.32 Å². The van der Waals surface area contributed by atoms with Gasteiger partial charge < -0.3 is 14.8 Å². The molecular formula is C9H17NO3. The Morgan fingerprint density at radius 3 is 2.62 bits per heavy atom. The summed E-state index contributed by atoms with van der Waals surface area (Å²) in [5.74, 6) is 0.0319. The average molecular weight is 187 g/mol. The van der Waals surface area contributed by atoms with E-state index >= 15 is 0 Å². The van der Waals surface area contributed by atoms with Gasteiger partial charge in [-0.3, -0.25) is 4.79 Å². The third-order valence-electron chi connectivity index (χ3n) is 1.47. The van der Waals surface area contributed by atoms with E-state index in [0.717, 1.165) is 0 Å². The Hall–Kier alpha value is -0.900. The number of carbonyl (C=O) groups is 2. The predicted octanol–water partition coefficient (Wildman–Crippen LogP) is 0.508. The number of rotatable bonds is 7. The van der Waals surface area contributed by atoms with E-state index in [0.29, 0.717) is 26.0 Å². The summed E-state index contributed by atoms with van der Waals surface area (Å²) in [7, 11) is 0. The highest BCUT2D eigenvalue weighted by atomic mass is 16.5. The molecule has 1 N–H and O–H groups in total. The van der Waals surface area contributed by atoms with Gasteiger partial charge in [-0.1, -0.05) is 0 Å². The molecule has 0 aliphatic heterocycles. The molecule has 0 bridgehead atoms. The average Bonchev–Trinajstić information content (AvgIpc) is 2.08. The maximum absolute atomic E-state index is 10.9. The minimum absolute atomic E-state index is 0.108. The zero-order valence-electron chi connectivity index (χ0n) is 8.26. The molecule has 0 atom stereocenters. The molecule has 0 aromatic heterocycles. The molecule has 0 rings (SSSR count). The van der Waals surface area contributed by atoms with Crippen molar-refractivity contribution in [1.29, 1.82) is 0 Å².